The van der Waals surface area contributed by atoms with E-state index in [4.69, 9.17) is 0 Å². The van der Waals surface area contributed by atoms with Crippen LogP contribution in [-0.2, 0) is 11.8 Å². The zero-order valence-corrected chi connectivity index (χ0v) is 15.0. The van der Waals surface area contributed by atoms with E-state index in [2.05, 4.69) is 15.3 Å². The highest BCUT2D eigenvalue weighted by Gasteiger charge is 2.44. The van der Waals surface area contributed by atoms with Gasteiger partial charge < -0.3 is 10.2 Å². The van der Waals surface area contributed by atoms with Crippen molar-refractivity contribution in [2.75, 3.05) is 19.6 Å². The van der Waals surface area contributed by atoms with Gasteiger partial charge in [-0.3, -0.25) is 14.3 Å². The molecule has 2 aliphatic carbocycles. The highest BCUT2D eigenvalue weighted by molar-refractivity contribution is 5.93. The molecule has 4 rings (SSSR count). The molecule has 0 spiro atoms. The quantitative estimate of drug-likeness (QED) is 0.906. The lowest BCUT2D eigenvalue weighted by molar-refractivity contribution is -0.138. The zero-order chi connectivity index (χ0) is 17.4. The Balaban J connectivity index is 1.22. The molecule has 1 aliphatic heterocycles. The van der Waals surface area contributed by atoms with Gasteiger partial charge in [0.25, 0.3) is 5.91 Å². The Morgan fingerprint density at radius 2 is 2.00 bits per heavy atom. The molecule has 0 aromatic carbocycles. The number of hydrogen-bond acceptors (Lipinski definition) is 3. The van der Waals surface area contributed by atoms with Crippen molar-refractivity contribution in [2.24, 2.45) is 30.7 Å². The maximum Gasteiger partial charge on any atom is 0.254 e. The van der Waals surface area contributed by atoms with Crippen LogP contribution in [0, 0.1) is 23.7 Å². The average molecular weight is 344 g/mol. The van der Waals surface area contributed by atoms with Crippen LogP contribution in [-0.4, -0.2) is 46.1 Å². The lowest BCUT2D eigenvalue weighted by Crippen LogP contribution is -2.44. The SMILES string of the molecule is Cn1cc(C(=O)NCC2CCN(C(=O)[C@H]3C[C@H]4CC[C@H]3C4)CC2)cn1. The minimum Gasteiger partial charge on any atom is -0.352 e. The second-order valence-electron chi connectivity index (χ2n) is 8.16. The normalized spacial score (nSPS) is 29.2. The van der Waals surface area contributed by atoms with Crippen molar-refractivity contribution < 1.29 is 9.59 Å². The summed E-state index contributed by atoms with van der Waals surface area (Å²) in [6, 6.07) is 0. The number of piperidine rings is 1. The Hall–Kier alpha value is -1.85. The molecule has 136 valence electrons. The van der Waals surface area contributed by atoms with Crippen LogP contribution in [0.2, 0.25) is 0 Å². The van der Waals surface area contributed by atoms with Gasteiger partial charge in [-0.25, -0.2) is 0 Å². The first kappa shape index (κ1) is 16.6. The number of likely N-dealkylation sites (tertiary alicyclic amines) is 1. The third-order valence-electron chi connectivity index (χ3n) is 6.50. The third kappa shape index (κ3) is 3.44. The summed E-state index contributed by atoms with van der Waals surface area (Å²) in [6.45, 7) is 2.38. The van der Waals surface area contributed by atoms with Gasteiger partial charge in [0.2, 0.25) is 5.91 Å². The maximum absolute atomic E-state index is 12.8. The predicted molar refractivity (Wildman–Crippen MR) is 93.8 cm³/mol. The first-order chi connectivity index (χ1) is 12.1. The standard InChI is InChI=1S/C19H28N4O2/c1-22-12-16(11-21-22)18(24)20-10-13-4-6-23(7-5-13)19(25)17-9-14-2-3-15(17)8-14/h11-15,17H,2-10H2,1H3,(H,20,24)/t14-,15-,17-/m0/s1. The van der Waals surface area contributed by atoms with E-state index in [1.807, 2.05) is 0 Å². The minimum absolute atomic E-state index is 0.0615. The van der Waals surface area contributed by atoms with Gasteiger partial charge in [-0.2, -0.15) is 5.10 Å². The smallest absolute Gasteiger partial charge is 0.254 e. The van der Waals surface area contributed by atoms with Crippen molar-refractivity contribution in [2.45, 2.75) is 38.5 Å². The van der Waals surface area contributed by atoms with Gasteiger partial charge in [-0.05, 0) is 49.9 Å². The molecule has 3 aliphatic rings. The number of carbonyl (C=O) groups is 2. The van der Waals surface area contributed by atoms with Crippen LogP contribution in [0.1, 0.15) is 48.9 Å². The molecule has 2 heterocycles. The fraction of sp³-hybridized carbons (Fsp3) is 0.737. The molecule has 2 amide bonds. The first-order valence-electron chi connectivity index (χ1n) is 9.66. The molecular formula is C19H28N4O2. The molecule has 6 heteroatoms. The van der Waals surface area contributed by atoms with Crippen molar-refractivity contribution in [3.8, 4) is 0 Å². The van der Waals surface area contributed by atoms with Gasteiger partial charge >= 0.3 is 0 Å². The van der Waals surface area contributed by atoms with E-state index in [9.17, 15) is 9.59 Å². The number of aryl methyl sites for hydroxylation is 1. The topological polar surface area (TPSA) is 67.2 Å². The highest BCUT2D eigenvalue weighted by Crippen LogP contribution is 2.49. The molecule has 6 nitrogen and oxygen atoms in total. The van der Waals surface area contributed by atoms with Crippen molar-refractivity contribution in [1.29, 1.82) is 0 Å². The van der Waals surface area contributed by atoms with Gasteiger partial charge in [0.15, 0.2) is 0 Å². The maximum atomic E-state index is 12.8. The lowest BCUT2D eigenvalue weighted by Gasteiger charge is -2.35. The van der Waals surface area contributed by atoms with E-state index < -0.39 is 0 Å². The van der Waals surface area contributed by atoms with E-state index in [1.165, 1.54) is 19.3 Å². The molecule has 1 saturated heterocycles. The van der Waals surface area contributed by atoms with Gasteiger partial charge in [0, 0.05) is 38.8 Å². The van der Waals surface area contributed by atoms with Gasteiger partial charge in [-0.15, -0.1) is 0 Å². The fourth-order valence-corrected chi connectivity index (χ4v) is 5.02. The summed E-state index contributed by atoms with van der Waals surface area (Å²) < 4.78 is 1.63. The van der Waals surface area contributed by atoms with Gasteiger partial charge in [0.05, 0.1) is 11.8 Å². The van der Waals surface area contributed by atoms with Crippen LogP contribution in [0.25, 0.3) is 0 Å². The number of aromatic nitrogens is 2. The van der Waals surface area contributed by atoms with E-state index in [1.54, 1.807) is 24.1 Å². The summed E-state index contributed by atoms with van der Waals surface area (Å²) in [5.74, 6) is 2.59. The van der Waals surface area contributed by atoms with E-state index in [0.717, 1.165) is 38.3 Å². The second-order valence-corrected chi connectivity index (χ2v) is 8.16. The van der Waals surface area contributed by atoms with Crippen molar-refractivity contribution in [3.05, 3.63) is 18.0 Å². The van der Waals surface area contributed by atoms with Crippen LogP contribution in [0.5, 0.6) is 0 Å². The summed E-state index contributed by atoms with van der Waals surface area (Å²) in [6.07, 6.45) is 10.3. The highest BCUT2D eigenvalue weighted by atomic mass is 16.2. The first-order valence-corrected chi connectivity index (χ1v) is 9.66. The van der Waals surface area contributed by atoms with Crippen LogP contribution >= 0.6 is 0 Å². The second kappa shape index (κ2) is 6.81. The largest absolute Gasteiger partial charge is 0.352 e. The molecular weight excluding hydrogens is 316 g/mol. The molecule has 3 fully saturated rings. The number of carbonyl (C=O) groups excluding carboxylic acids is 2. The Labute approximate surface area is 148 Å². The monoisotopic (exact) mass is 344 g/mol. The predicted octanol–water partition coefficient (Wildman–Crippen LogP) is 1.82. The van der Waals surface area contributed by atoms with E-state index in [-0.39, 0.29) is 5.91 Å². The number of amides is 2. The molecule has 1 N–H and O–H groups in total. The molecule has 25 heavy (non-hydrogen) atoms. The number of nitrogens with zero attached hydrogens (tertiary/aromatic N) is 3. The number of fused-ring (bicyclic) bond motifs is 2. The zero-order valence-electron chi connectivity index (χ0n) is 15.0. The van der Waals surface area contributed by atoms with Gasteiger partial charge in [-0.1, -0.05) is 6.42 Å². The number of nitrogens with one attached hydrogen (secondary N) is 1. The molecule has 1 aromatic rings. The van der Waals surface area contributed by atoms with Crippen molar-refractivity contribution in [1.82, 2.24) is 20.0 Å². The third-order valence-corrected chi connectivity index (χ3v) is 6.50. The van der Waals surface area contributed by atoms with E-state index >= 15 is 0 Å². The summed E-state index contributed by atoms with van der Waals surface area (Å²) in [5, 5.41) is 7.03. The molecule has 1 aromatic heterocycles. The summed E-state index contributed by atoms with van der Waals surface area (Å²) in [7, 11) is 1.81. The lowest BCUT2D eigenvalue weighted by atomic mass is 9.86. The van der Waals surface area contributed by atoms with Crippen molar-refractivity contribution >= 4 is 11.8 Å². The molecule has 0 unspecified atom stereocenters. The molecule has 3 atom stereocenters. The number of hydrogen-bond donors (Lipinski definition) is 1. The Bertz CT molecular complexity index is 648. The fourth-order valence-electron chi connectivity index (χ4n) is 5.02. The summed E-state index contributed by atoms with van der Waals surface area (Å²) >= 11 is 0. The molecule has 0 radical (unpaired) electrons. The number of rotatable bonds is 4. The summed E-state index contributed by atoms with van der Waals surface area (Å²) in [4.78, 5) is 27.0. The molecule has 2 saturated carbocycles. The van der Waals surface area contributed by atoms with E-state index in [0.29, 0.717) is 35.8 Å². The van der Waals surface area contributed by atoms with Gasteiger partial charge in [0.1, 0.15) is 0 Å². The average Bonchev–Trinajstić information content (AvgIpc) is 3.36. The summed E-state index contributed by atoms with van der Waals surface area (Å²) in [5.41, 5.74) is 0.603. The Morgan fingerprint density at radius 3 is 2.60 bits per heavy atom. The Kier molecular flexibility index (Phi) is 4.52. The van der Waals surface area contributed by atoms with Crippen LogP contribution < -0.4 is 5.32 Å². The van der Waals surface area contributed by atoms with Crippen molar-refractivity contribution in [3.63, 3.8) is 0 Å². The van der Waals surface area contributed by atoms with Crippen LogP contribution in [0.4, 0.5) is 0 Å². The van der Waals surface area contributed by atoms with Crippen LogP contribution in [0.15, 0.2) is 12.4 Å². The minimum atomic E-state index is -0.0615. The Morgan fingerprint density at radius 1 is 1.20 bits per heavy atom. The van der Waals surface area contributed by atoms with Crippen LogP contribution in [0.3, 0.4) is 0 Å². The molecule has 2 bridgehead atoms.